The van der Waals surface area contributed by atoms with E-state index in [0.717, 1.165) is 17.7 Å². The van der Waals surface area contributed by atoms with Gasteiger partial charge < -0.3 is 9.88 Å². The second-order valence-electron chi connectivity index (χ2n) is 4.06. The maximum absolute atomic E-state index is 13.0. The summed E-state index contributed by atoms with van der Waals surface area (Å²) in [4.78, 5) is 0. The Bertz CT molecular complexity index is 633. The van der Waals surface area contributed by atoms with E-state index >= 15 is 0 Å². The maximum atomic E-state index is 13.0. The molecule has 0 saturated carbocycles. The van der Waals surface area contributed by atoms with Gasteiger partial charge in [-0.1, -0.05) is 0 Å². The number of hydrogen-bond acceptors (Lipinski definition) is 2. The Morgan fingerprint density at radius 2 is 1.84 bits per heavy atom. The fourth-order valence-electron chi connectivity index (χ4n) is 1.70. The molecule has 0 aliphatic carbocycles. The smallest absolute Gasteiger partial charge is 0.194 e. The number of nitrogens with zero attached hydrogens (tertiary/aromatic N) is 2. The summed E-state index contributed by atoms with van der Waals surface area (Å²) >= 11 is 0. The number of rotatable bonds is 3. The van der Waals surface area contributed by atoms with E-state index in [1.165, 1.54) is 0 Å². The highest BCUT2D eigenvalue weighted by molar-refractivity contribution is 5.45. The number of benzene rings is 1. The van der Waals surface area contributed by atoms with Crippen LogP contribution in [0.3, 0.4) is 0 Å². The first-order valence-corrected chi connectivity index (χ1v) is 5.45. The van der Waals surface area contributed by atoms with E-state index in [-0.39, 0.29) is 12.2 Å². The Hall–Kier alpha value is -2.42. The van der Waals surface area contributed by atoms with Crippen molar-refractivity contribution < 1.29 is 13.2 Å². The molecule has 1 aromatic heterocycles. The minimum atomic E-state index is -1.49. The highest BCUT2D eigenvalue weighted by atomic mass is 19.2. The molecule has 0 fully saturated rings. The van der Waals surface area contributed by atoms with Crippen molar-refractivity contribution in [3.63, 3.8) is 0 Å². The van der Waals surface area contributed by atoms with E-state index in [1.807, 2.05) is 6.07 Å². The molecule has 19 heavy (non-hydrogen) atoms. The quantitative estimate of drug-likeness (QED) is 0.867. The third-order valence-corrected chi connectivity index (χ3v) is 2.66. The Labute approximate surface area is 107 Å². The van der Waals surface area contributed by atoms with Crippen LogP contribution in [0, 0.1) is 28.8 Å². The van der Waals surface area contributed by atoms with Crippen LogP contribution in [0.2, 0.25) is 0 Å². The lowest BCUT2D eigenvalue weighted by molar-refractivity contribution is 0.447. The molecule has 0 bridgehead atoms. The first kappa shape index (κ1) is 13.0. The highest BCUT2D eigenvalue weighted by Gasteiger charge is 2.10. The van der Waals surface area contributed by atoms with Crippen LogP contribution in [0.15, 0.2) is 24.4 Å². The van der Waals surface area contributed by atoms with Gasteiger partial charge >= 0.3 is 0 Å². The summed E-state index contributed by atoms with van der Waals surface area (Å²) in [6.07, 6.45) is 1.72. The second-order valence-corrected chi connectivity index (χ2v) is 4.06. The summed E-state index contributed by atoms with van der Waals surface area (Å²) < 4.78 is 40.4. The number of aryl methyl sites for hydroxylation is 1. The Kier molecular flexibility index (Phi) is 3.47. The molecule has 0 radical (unpaired) electrons. The lowest BCUT2D eigenvalue weighted by Gasteiger charge is -2.06. The van der Waals surface area contributed by atoms with Gasteiger partial charge in [0.05, 0.1) is 0 Å². The lowest BCUT2D eigenvalue weighted by atomic mass is 10.2. The zero-order valence-corrected chi connectivity index (χ0v) is 10.0. The monoisotopic (exact) mass is 265 g/mol. The summed E-state index contributed by atoms with van der Waals surface area (Å²) in [5.74, 6) is -3.97. The first-order chi connectivity index (χ1) is 9.01. The molecular weight excluding hydrogens is 255 g/mol. The van der Waals surface area contributed by atoms with E-state index in [0.29, 0.717) is 5.69 Å². The molecule has 0 unspecified atom stereocenters. The van der Waals surface area contributed by atoms with Crippen LogP contribution < -0.4 is 5.32 Å². The SMILES string of the molecule is Cn1cc(CNc2cc(F)c(F)c(F)c2)cc1C#N. The van der Waals surface area contributed by atoms with Crippen molar-refractivity contribution >= 4 is 5.69 Å². The molecule has 3 nitrogen and oxygen atoms in total. The standard InChI is InChI=1S/C13H10F3N3/c1-19-7-8(2-10(19)5-17)6-18-9-3-11(14)13(16)12(15)4-9/h2-4,7,18H,6H2,1H3. The Morgan fingerprint density at radius 1 is 1.21 bits per heavy atom. The molecule has 1 aromatic carbocycles. The number of anilines is 1. The summed E-state index contributed by atoms with van der Waals surface area (Å²) in [5.41, 5.74) is 1.40. The number of hydrogen-bond donors (Lipinski definition) is 1. The zero-order valence-electron chi connectivity index (χ0n) is 10.0. The van der Waals surface area contributed by atoms with Crippen molar-refractivity contribution in [1.82, 2.24) is 4.57 Å². The summed E-state index contributed by atoms with van der Waals surface area (Å²) in [7, 11) is 1.72. The van der Waals surface area contributed by atoms with Gasteiger partial charge in [-0.3, -0.25) is 0 Å². The molecule has 98 valence electrons. The van der Waals surface area contributed by atoms with Crippen molar-refractivity contribution in [3.05, 3.63) is 53.1 Å². The molecule has 0 spiro atoms. The highest BCUT2D eigenvalue weighted by Crippen LogP contribution is 2.18. The normalized spacial score (nSPS) is 10.3. The van der Waals surface area contributed by atoms with Gasteiger partial charge in [0.1, 0.15) is 11.8 Å². The second kappa shape index (κ2) is 5.06. The third-order valence-electron chi connectivity index (χ3n) is 2.66. The van der Waals surface area contributed by atoms with Crippen molar-refractivity contribution in [2.75, 3.05) is 5.32 Å². The largest absolute Gasteiger partial charge is 0.381 e. The van der Waals surface area contributed by atoms with E-state index < -0.39 is 17.5 Å². The van der Waals surface area contributed by atoms with Gasteiger partial charge in [-0.2, -0.15) is 5.26 Å². The maximum Gasteiger partial charge on any atom is 0.194 e. The average Bonchev–Trinajstić information content (AvgIpc) is 2.74. The number of halogens is 3. The molecule has 1 N–H and O–H groups in total. The number of nitriles is 1. The van der Waals surface area contributed by atoms with Gasteiger partial charge in [-0.05, 0) is 11.6 Å². The van der Waals surface area contributed by atoms with Crippen LogP contribution in [-0.2, 0) is 13.6 Å². The van der Waals surface area contributed by atoms with Crippen molar-refractivity contribution in [1.29, 1.82) is 5.26 Å². The predicted molar refractivity (Wildman–Crippen MR) is 63.8 cm³/mol. The number of nitrogens with one attached hydrogen (secondary N) is 1. The van der Waals surface area contributed by atoms with Crippen LogP contribution in [0.5, 0.6) is 0 Å². The van der Waals surface area contributed by atoms with Gasteiger partial charge in [0, 0.05) is 37.6 Å². The van der Waals surface area contributed by atoms with Crippen LogP contribution in [0.1, 0.15) is 11.3 Å². The van der Waals surface area contributed by atoms with Crippen LogP contribution in [0.4, 0.5) is 18.9 Å². The molecule has 1 heterocycles. The van der Waals surface area contributed by atoms with Crippen LogP contribution in [0.25, 0.3) is 0 Å². The average molecular weight is 265 g/mol. The van der Waals surface area contributed by atoms with Crippen molar-refractivity contribution in [2.45, 2.75) is 6.54 Å². The molecule has 0 aliphatic rings. The molecule has 0 amide bonds. The van der Waals surface area contributed by atoms with Gasteiger partial charge in [0.15, 0.2) is 17.5 Å². The minimum Gasteiger partial charge on any atom is -0.381 e. The van der Waals surface area contributed by atoms with Gasteiger partial charge in [0.25, 0.3) is 0 Å². The van der Waals surface area contributed by atoms with Crippen LogP contribution in [-0.4, -0.2) is 4.57 Å². The van der Waals surface area contributed by atoms with Gasteiger partial charge in [-0.15, -0.1) is 0 Å². The molecule has 6 heteroatoms. The molecule has 0 saturated heterocycles. The minimum absolute atomic E-state index is 0.138. The van der Waals surface area contributed by atoms with Crippen LogP contribution >= 0.6 is 0 Å². The summed E-state index contributed by atoms with van der Waals surface area (Å²) in [6.45, 7) is 0.278. The zero-order chi connectivity index (χ0) is 14.0. The topological polar surface area (TPSA) is 40.8 Å². The van der Waals surface area contributed by atoms with Gasteiger partial charge in [0.2, 0.25) is 0 Å². The van der Waals surface area contributed by atoms with Crippen molar-refractivity contribution in [2.24, 2.45) is 7.05 Å². The molecule has 0 atom stereocenters. The molecular formula is C13H10F3N3. The first-order valence-electron chi connectivity index (χ1n) is 5.45. The Balaban J connectivity index is 2.12. The molecule has 0 aliphatic heterocycles. The number of aromatic nitrogens is 1. The van der Waals surface area contributed by atoms with E-state index in [9.17, 15) is 13.2 Å². The predicted octanol–water partition coefficient (Wildman–Crippen LogP) is 2.93. The summed E-state index contributed by atoms with van der Waals surface area (Å²) in [5, 5.41) is 11.6. The van der Waals surface area contributed by atoms with E-state index in [1.54, 1.807) is 23.9 Å². The lowest BCUT2D eigenvalue weighted by Crippen LogP contribution is -2.01. The third kappa shape index (κ3) is 2.71. The van der Waals surface area contributed by atoms with Crippen molar-refractivity contribution in [3.8, 4) is 6.07 Å². The molecule has 2 rings (SSSR count). The fraction of sp³-hybridized carbons (Fsp3) is 0.154. The van der Waals surface area contributed by atoms with E-state index in [4.69, 9.17) is 5.26 Å². The summed E-state index contributed by atoms with van der Waals surface area (Å²) in [6, 6.07) is 5.42. The van der Waals surface area contributed by atoms with E-state index in [2.05, 4.69) is 5.32 Å². The Morgan fingerprint density at radius 3 is 2.37 bits per heavy atom. The fourth-order valence-corrected chi connectivity index (χ4v) is 1.70. The molecule has 2 aromatic rings. The van der Waals surface area contributed by atoms with Gasteiger partial charge in [-0.25, -0.2) is 13.2 Å².